The van der Waals surface area contributed by atoms with Gasteiger partial charge in [0.05, 0.1) is 0 Å². The Labute approximate surface area is 99.6 Å². The van der Waals surface area contributed by atoms with E-state index >= 15 is 0 Å². The van der Waals surface area contributed by atoms with E-state index in [1.807, 2.05) is 13.8 Å². The van der Waals surface area contributed by atoms with E-state index in [4.69, 9.17) is 5.73 Å². The molecule has 63 valence electrons. The minimum absolute atomic E-state index is 0. The summed E-state index contributed by atoms with van der Waals surface area (Å²) >= 11 is 0. The molecular weight excluding hydrogens is 223 g/mol. The Morgan fingerprint density at radius 2 is 1.42 bits per heavy atom. The monoisotopic (exact) mass is 237 g/mol. The molecule has 0 aliphatic carbocycles. The summed E-state index contributed by atoms with van der Waals surface area (Å²) < 4.78 is 0. The van der Waals surface area contributed by atoms with Crippen LogP contribution in [0, 0.1) is 33.8 Å². The Morgan fingerprint density at radius 3 is 1.92 bits per heavy atom. The van der Waals surface area contributed by atoms with Crippen molar-refractivity contribution in [3.05, 3.63) is 28.3 Å². The molecule has 1 aromatic carbocycles. The predicted octanol–water partition coefficient (Wildman–Crippen LogP) is 2.30. The smallest absolute Gasteiger partial charge is 0 e. The zero-order chi connectivity index (χ0) is 8.59. The van der Waals surface area contributed by atoms with E-state index in [2.05, 4.69) is 19.9 Å². The summed E-state index contributed by atoms with van der Waals surface area (Å²) in [5.74, 6) is 0. The molecule has 0 bridgehead atoms. The second-order valence-electron chi connectivity index (χ2n) is 3.04. The van der Waals surface area contributed by atoms with E-state index < -0.39 is 0 Å². The van der Waals surface area contributed by atoms with Crippen molar-refractivity contribution in [3.8, 4) is 0 Å². The first-order valence-electron chi connectivity index (χ1n) is 3.79. The first-order chi connectivity index (χ1) is 5.04. The van der Waals surface area contributed by atoms with Crippen LogP contribution in [0.4, 0.5) is 5.69 Å². The van der Waals surface area contributed by atoms with Gasteiger partial charge in [0.2, 0.25) is 0 Å². The molecule has 0 aromatic heterocycles. The molecule has 1 radical (unpaired) electrons. The number of hydrogen-bond acceptors (Lipinski definition) is 1. The van der Waals surface area contributed by atoms with Crippen molar-refractivity contribution >= 4 is 5.69 Å². The number of rotatable bonds is 0. The molecule has 0 atom stereocenters. The van der Waals surface area contributed by atoms with Crippen LogP contribution in [0.1, 0.15) is 22.3 Å². The van der Waals surface area contributed by atoms with Gasteiger partial charge in [0.25, 0.3) is 0 Å². The van der Waals surface area contributed by atoms with E-state index in [9.17, 15) is 0 Å². The fourth-order valence-electron chi connectivity index (χ4n) is 1.15. The Balaban J connectivity index is 0.00000121. The van der Waals surface area contributed by atoms with Crippen molar-refractivity contribution in [1.29, 1.82) is 0 Å². The van der Waals surface area contributed by atoms with Crippen LogP contribution in [0.15, 0.2) is 0 Å². The topological polar surface area (TPSA) is 26.0 Å². The fourth-order valence-corrected chi connectivity index (χ4v) is 1.15. The predicted molar refractivity (Wildman–Crippen MR) is 48.6 cm³/mol. The summed E-state index contributed by atoms with van der Waals surface area (Å²) in [5.41, 5.74) is 11.4. The minimum Gasteiger partial charge on any atom is -0.420 e. The van der Waals surface area contributed by atoms with Gasteiger partial charge in [0.1, 0.15) is 0 Å². The maximum absolute atomic E-state index is 5.73. The summed E-state index contributed by atoms with van der Waals surface area (Å²) in [6.45, 7) is 8.28. The zero-order valence-electron chi connectivity index (χ0n) is 8.15. The van der Waals surface area contributed by atoms with Crippen LogP contribution >= 0.6 is 0 Å². The SMILES string of the molecule is Cc1[c-]c(N)c(C)c(C)c1C.[Y]. The van der Waals surface area contributed by atoms with Gasteiger partial charge in [-0.05, 0) is 0 Å². The molecule has 0 aliphatic heterocycles. The van der Waals surface area contributed by atoms with E-state index in [1.54, 1.807) is 0 Å². The van der Waals surface area contributed by atoms with Crippen LogP contribution in [0.2, 0.25) is 0 Å². The van der Waals surface area contributed by atoms with E-state index in [1.165, 1.54) is 11.1 Å². The van der Waals surface area contributed by atoms with Crippen LogP contribution in [0.5, 0.6) is 0 Å². The molecule has 12 heavy (non-hydrogen) atoms. The molecule has 2 N–H and O–H groups in total. The maximum atomic E-state index is 5.73. The standard InChI is InChI=1S/C10H14N.Y/c1-6-5-10(11)9(4)8(3)7(6)2;/h11H2,1-4H3;/q-1;. The zero-order valence-corrected chi connectivity index (χ0v) is 11.0. The molecule has 1 aromatic rings. The fraction of sp³-hybridized carbons (Fsp3) is 0.400. The van der Waals surface area contributed by atoms with Crippen LogP contribution in [-0.4, -0.2) is 0 Å². The molecule has 0 amide bonds. The number of benzene rings is 1. The van der Waals surface area contributed by atoms with Crippen molar-refractivity contribution in [2.75, 3.05) is 5.73 Å². The van der Waals surface area contributed by atoms with Crippen LogP contribution in [0.25, 0.3) is 0 Å². The van der Waals surface area contributed by atoms with Crippen LogP contribution in [0.3, 0.4) is 0 Å². The van der Waals surface area contributed by atoms with Gasteiger partial charge in [0, 0.05) is 32.7 Å². The van der Waals surface area contributed by atoms with Gasteiger partial charge < -0.3 is 5.73 Å². The summed E-state index contributed by atoms with van der Waals surface area (Å²) in [6, 6.07) is 3.13. The van der Waals surface area contributed by atoms with Gasteiger partial charge >= 0.3 is 0 Å². The average Bonchev–Trinajstić information content (AvgIpc) is 1.97. The number of nitrogen functional groups attached to an aromatic ring is 1. The Kier molecular flexibility index (Phi) is 4.43. The minimum atomic E-state index is 0. The molecule has 0 saturated heterocycles. The van der Waals surface area contributed by atoms with Crippen LogP contribution in [-0.2, 0) is 32.7 Å². The third-order valence-corrected chi connectivity index (χ3v) is 2.41. The van der Waals surface area contributed by atoms with Gasteiger partial charge in [-0.1, -0.05) is 33.4 Å². The largest absolute Gasteiger partial charge is 0.420 e. The third-order valence-electron chi connectivity index (χ3n) is 2.41. The Morgan fingerprint density at radius 1 is 0.917 bits per heavy atom. The van der Waals surface area contributed by atoms with E-state index in [-0.39, 0.29) is 32.7 Å². The van der Waals surface area contributed by atoms with Crippen molar-refractivity contribution in [3.63, 3.8) is 0 Å². The second kappa shape index (κ2) is 4.39. The van der Waals surface area contributed by atoms with Crippen molar-refractivity contribution in [2.24, 2.45) is 0 Å². The van der Waals surface area contributed by atoms with E-state index in [0.29, 0.717) is 0 Å². The molecule has 2 heteroatoms. The summed E-state index contributed by atoms with van der Waals surface area (Å²) in [6.07, 6.45) is 0. The van der Waals surface area contributed by atoms with Crippen LogP contribution < -0.4 is 5.73 Å². The molecular formula is C10H14NY-. The van der Waals surface area contributed by atoms with Gasteiger partial charge in [-0.3, -0.25) is 0 Å². The normalized spacial score (nSPS) is 9.33. The summed E-state index contributed by atoms with van der Waals surface area (Å²) in [4.78, 5) is 0. The summed E-state index contributed by atoms with van der Waals surface area (Å²) in [5, 5.41) is 0. The van der Waals surface area contributed by atoms with E-state index in [0.717, 1.165) is 16.8 Å². The molecule has 1 nitrogen and oxygen atoms in total. The van der Waals surface area contributed by atoms with Crippen molar-refractivity contribution < 1.29 is 32.7 Å². The van der Waals surface area contributed by atoms with Gasteiger partial charge in [0.15, 0.2) is 0 Å². The summed E-state index contributed by atoms with van der Waals surface area (Å²) in [7, 11) is 0. The number of nitrogens with two attached hydrogens (primary N) is 1. The molecule has 1 rings (SSSR count). The van der Waals surface area contributed by atoms with Gasteiger partial charge in [-0.15, -0.1) is 5.56 Å². The molecule has 0 unspecified atom stereocenters. The molecule has 0 saturated carbocycles. The molecule has 0 heterocycles. The second-order valence-corrected chi connectivity index (χ2v) is 3.04. The Hall–Kier alpha value is 0.124. The van der Waals surface area contributed by atoms with Crippen molar-refractivity contribution in [1.82, 2.24) is 0 Å². The third kappa shape index (κ3) is 2.08. The first-order valence-corrected chi connectivity index (χ1v) is 3.79. The number of aryl methyl sites for hydroxylation is 1. The average molecular weight is 237 g/mol. The van der Waals surface area contributed by atoms with Gasteiger partial charge in [-0.2, -0.15) is 22.8 Å². The molecule has 0 aliphatic rings. The molecule has 0 fully saturated rings. The number of anilines is 1. The first kappa shape index (κ1) is 12.1. The van der Waals surface area contributed by atoms with Gasteiger partial charge in [-0.25, -0.2) is 0 Å². The number of hydrogen-bond donors (Lipinski definition) is 1. The maximum Gasteiger partial charge on any atom is 0 e. The van der Waals surface area contributed by atoms with Crippen molar-refractivity contribution in [2.45, 2.75) is 27.7 Å². The quantitative estimate of drug-likeness (QED) is 0.543. The molecule has 0 spiro atoms. The Bertz CT molecular complexity index is 266.